The summed E-state index contributed by atoms with van der Waals surface area (Å²) in [7, 11) is 4.03. The van der Waals surface area contributed by atoms with E-state index in [0.29, 0.717) is 6.04 Å². The predicted molar refractivity (Wildman–Crippen MR) is 99.2 cm³/mol. The van der Waals surface area contributed by atoms with Gasteiger partial charge in [0.25, 0.3) is 0 Å². The van der Waals surface area contributed by atoms with E-state index in [0.717, 1.165) is 44.6 Å². The van der Waals surface area contributed by atoms with Crippen LogP contribution in [0.4, 0.5) is 0 Å². The van der Waals surface area contributed by atoms with Crippen molar-refractivity contribution in [3.05, 3.63) is 0 Å². The average molecular weight is 338 g/mol. The number of aliphatic imine (C=N–C) groups is 1. The molecule has 2 N–H and O–H groups in total. The molecule has 6 nitrogen and oxygen atoms in total. The number of likely N-dealkylation sites (N-methyl/N-ethyl adjacent to an activating group) is 1. The summed E-state index contributed by atoms with van der Waals surface area (Å²) in [5, 5.41) is 6.87. The second-order valence-corrected chi connectivity index (χ2v) is 7.49. The van der Waals surface area contributed by atoms with Crippen molar-refractivity contribution in [2.75, 3.05) is 40.3 Å². The molecule has 0 aromatic rings. The molecule has 0 aromatic carbocycles. The third kappa shape index (κ3) is 5.36. The molecule has 2 aliphatic rings. The van der Waals surface area contributed by atoms with Crippen molar-refractivity contribution < 1.29 is 4.79 Å². The molecular weight excluding hydrogens is 302 g/mol. The molecule has 0 radical (unpaired) electrons. The van der Waals surface area contributed by atoms with Crippen LogP contribution in [0.3, 0.4) is 0 Å². The molecule has 1 unspecified atom stereocenters. The summed E-state index contributed by atoms with van der Waals surface area (Å²) >= 11 is 0. The van der Waals surface area contributed by atoms with Gasteiger partial charge in [-0.05, 0) is 26.3 Å². The summed E-state index contributed by atoms with van der Waals surface area (Å²) in [6.45, 7) is 7.48. The fourth-order valence-corrected chi connectivity index (χ4v) is 3.71. The van der Waals surface area contributed by atoms with Gasteiger partial charge in [0.15, 0.2) is 5.96 Å². The minimum atomic E-state index is 0.0762. The van der Waals surface area contributed by atoms with Gasteiger partial charge in [0, 0.05) is 51.2 Å². The van der Waals surface area contributed by atoms with Gasteiger partial charge in [0.05, 0.1) is 0 Å². The highest BCUT2D eigenvalue weighted by molar-refractivity contribution is 5.81. The molecule has 0 spiro atoms. The smallest absolute Gasteiger partial charge is 0.225 e. The van der Waals surface area contributed by atoms with Crippen LogP contribution >= 0.6 is 0 Å². The van der Waals surface area contributed by atoms with E-state index < -0.39 is 0 Å². The lowest BCUT2D eigenvalue weighted by molar-refractivity contribution is -0.133. The quantitative estimate of drug-likeness (QED) is 0.566. The topological polar surface area (TPSA) is 60.0 Å². The Kier molecular flexibility index (Phi) is 7.34. The zero-order valence-electron chi connectivity index (χ0n) is 15.8. The molecule has 138 valence electrons. The number of nitrogens with zero attached hydrogens (tertiary/aromatic N) is 3. The highest BCUT2D eigenvalue weighted by Gasteiger charge is 2.28. The Bertz CT molecular complexity index is 431. The zero-order valence-corrected chi connectivity index (χ0v) is 15.8. The molecule has 6 heteroatoms. The van der Waals surface area contributed by atoms with Crippen LogP contribution in [0, 0.1) is 5.92 Å². The normalized spacial score (nSPS) is 22.7. The van der Waals surface area contributed by atoms with E-state index >= 15 is 0 Å². The fourth-order valence-electron chi connectivity index (χ4n) is 3.71. The van der Waals surface area contributed by atoms with Crippen LogP contribution < -0.4 is 10.6 Å². The third-order valence-electron chi connectivity index (χ3n) is 5.26. The van der Waals surface area contributed by atoms with Crippen LogP contribution in [0.2, 0.25) is 0 Å². The van der Waals surface area contributed by atoms with Crippen molar-refractivity contribution in [3.8, 4) is 0 Å². The largest absolute Gasteiger partial charge is 0.355 e. The van der Waals surface area contributed by atoms with E-state index in [1.165, 1.54) is 25.7 Å². The lowest BCUT2D eigenvalue weighted by Gasteiger charge is -2.25. The van der Waals surface area contributed by atoms with Crippen LogP contribution in [0.15, 0.2) is 4.99 Å². The first-order chi connectivity index (χ1) is 11.5. The minimum absolute atomic E-state index is 0.0762. The van der Waals surface area contributed by atoms with E-state index in [1.807, 2.05) is 25.8 Å². The van der Waals surface area contributed by atoms with E-state index in [4.69, 9.17) is 0 Å². The molecule has 0 aromatic heterocycles. The second kappa shape index (κ2) is 9.25. The first-order valence-electron chi connectivity index (χ1n) is 9.47. The van der Waals surface area contributed by atoms with E-state index in [-0.39, 0.29) is 11.8 Å². The van der Waals surface area contributed by atoms with Gasteiger partial charge in [0.1, 0.15) is 0 Å². The van der Waals surface area contributed by atoms with Crippen LogP contribution in [-0.4, -0.2) is 74.0 Å². The monoisotopic (exact) mass is 337 g/mol. The standard InChI is InChI=1S/C18H35N5O/c1-14(2)17(24)23-11-9-15(13-23)21-18(19-3)20-10-12-22(4)16-7-5-6-8-16/h14-16H,5-13H2,1-4H3,(H2,19,20,21). The zero-order chi connectivity index (χ0) is 17.5. The molecule has 1 amide bonds. The molecule has 1 aliphatic heterocycles. The van der Waals surface area contributed by atoms with Crippen molar-refractivity contribution >= 4 is 11.9 Å². The Labute approximate surface area is 147 Å². The Morgan fingerprint density at radius 2 is 2.00 bits per heavy atom. The maximum absolute atomic E-state index is 12.1. The molecular formula is C18H35N5O. The fraction of sp³-hybridized carbons (Fsp3) is 0.889. The number of rotatable bonds is 6. The van der Waals surface area contributed by atoms with E-state index in [9.17, 15) is 4.79 Å². The summed E-state index contributed by atoms with van der Waals surface area (Å²) in [6.07, 6.45) is 6.41. The maximum Gasteiger partial charge on any atom is 0.225 e. The van der Waals surface area contributed by atoms with Crippen LogP contribution in [0.25, 0.3) is 0 Å². The van der Waals surface area contributed by atoms with Crippen molar-refractivity contribution in [2.45, 2.75) is 58.0 Å². The van der Waals surface area contributed by atoms with Crippen LogP contribution in [-0.2, 0) is 4.79 Å². The Balaban J connectivity index is 1.68. The van der Waals surface area contributed by atoms with Gasteiger partial charge in [-0.25, -0.2) is 0 Å². The summed E-state index contributed by atoms with van der Waals surface area (Å²) in [5.74, 6) is 1.17. The molecule has 1 heterocycles. The SMILES string of the molecule is CN=C(NCCN(C)C1CCCC1)NC1CCN(C(=O)C(C)C)C1. The lowest BCUT2D eigenvalue weighted by atomic mass is 10.2. The number of carbonyl (C=O) groups is 1. The lowest BCUT2D eigenvalue weighted by Crippen LogP contribution is -2.47. The Morgan fingerprint density at radius 1 is 1.29 bits per heavy atom. The van der Waals surface area contributed by atoms with Gasteiger partial charge in [-0.3, -0.25) is 9.79 Å². The van der Waals surface area contributed by atoms with Crippen molar-refractivity contribution in [1.29, 1.82) is 0 Å². The summed E-state index contributed by atoms with van der Waals surface area (Å²) in [5.41, 5.74) is 0. The molecule has 0 bridgehead atoms. The molecule has 1 saturated carbocycles. The third-order valence-corrected chi connectivity index (χ3v) is 5.26. The van der Waals surface area contributed by atoms with Gasteiger partial charge in [-0.1, -0.05) is 26.7 Å². The molecule has 1 saturated heterocycles. The molecule has 24 heavy (non-hydrogen) atoms. The summed E-state index contributed by atoms with van der Waals surface area (Å²) < 4.78 is 0. The molecule has 1 aliphatic carbocycles. The first-order valence-corrected chi connectivity index (χ1v) is 9.47. The number of hydrogen-bond donors (Lipinski definition) is 2. The number of hydrogen-bond acceptors (Lipinski definition) is 3. The minimum Gasteiger partial charge on any atom is -0.355 e. The van der Waals surface area contributed by atoms with Gasteiger partial charge >= 0.3 is 0 Å². The molecule has 2 rings (SSSR count). The highest BCUT2D eigenvalue weighted by Crippen LogP contribution is 2.21. The van der Waals surface area contributed by atoms with E-state index in [1.54, 1.807) is 0 Å². The second-order valence-electron chi connectivity index (χ2n) is 7.49. The summed E-state index contributed by atoms with van der Waals surface area (Å²) in [6, 6.07) is 1.05. The number of nitrogens with one attached hydrogen (secondary N) is 2. The van der Waals surface area contributed by atoms with Gasteiger partial charge in [0.2, 0.25) is 5.91 Å². The number of likely N-dealkylation sites (tertiary alicyclic amines) is 1. The van der Waals surface area contributed by atoms with Crippen LogP contribution in [0.1, 0.15) is 46.0 Å². The van der Waals surface area contributed by atoms with Crippen LogP contribution in [0.5, 0.6) is 0 Å². The predicted octanol–water partition coefficient (Wildman–Crippen LogP) is 1.28. The van der Waals surface area contributed by atoms with Crippen molar-refractivity contribution in [2.24, 2.45) is 10.9 Å². The molecule has 1 atom stereocenters. The van der Waals surface area contributed by atoms with Gasteiger partial charge in [-0.2, -0.15) is 0 Å². The first kappa shape index (κ1) is 19.0. The highest BCUT2D eigenvalue weighted by atomic mass is 16.2. The number of amides is 1. The Hall–Kier alpha value is -1.30. The number of carbonyl (C=O) groups excluding carboxylic acids is 1. The van der Waals surface area contributed by atoms with Crippen molar-refractivity contribution in [1.82, 2.24) is 20.4 Å². The summed E-state index contributed by atoms with van der Waals surface area (Å²) in [4.78, 5) is 20.8. The van der Waals surface area contributed by atoms with E-state index in [2.05, 4.69) is 27.6 Å². The van der Waals surface area contributed by atoms with Gasteiger partial charge < -0.3 is 20.4 Å². The van der Waals surface area contributed by atoms with Crippen molar-refractivity contribution in [3.63, 3.8) is 0 Å². The Morgan fingerprint density at radius 3 is 2.62 bits per heavy atom. The van der Waals surface area contributed by atoms with Gasteiger partial charge in [-0.15, -0.1) is 0 Å². The average Bonchev–Trinajstić information content (AvgIpc) is 3.24. The molecule has 2 fully saturated rings. The maximum atomic E-state index is 12.1. The number of guanidine groups is 1.